The second-order valence-electron chi connectivity index (χ2n) is 6.84. The molecule has 2 aliphatic rings. The minimum atomic E-state index is -0.915. The van der Waals surface area contributed by atoms with Crippen LogP contribution < -0.4 is 5.32 Å². The number of pyridine rings is 1. The van der Waals surface area contributed by atoms with E-state index in [1.807, 2.05) is 42.5 Å². The third-order valence-corrected chi connectivity index (χ3v) is 4.78. The SMILES string of the molecule is O=C(O)Cc1cc(Nc2ccncc2)cc2c1C=CC1=C(C=CCC1=O)C=NC2. The number of nitrogens with one attached hydrogen (secondary N) is 1. The number of rotatable bonds is 4. The van der Waals surface area contributed by atoms with Crippen molar-refractivity contribution in [3.8, 4) is 0 Å². The van der Waals surface area contributed by atoms with Crippen LogP contribution in [0.4, 0.5) is 11.4 Å². The first kappa shape index (κ1) is 18.6. The fraction of sp³-hybridized carbons (Fsp3) is 0.130. The second kappa shape index (κ2) is 8.06. The van der Waals surface area contributed by atoms with E-state index in [-0.39, 0.29) is 12.2 Å². The first-order valence-corrected chi connectivity index (χ1v) is 9.27. The number of aliphatic imine (C=N–C) groups is 1. The number of carboxylic acids is 1. The van der Waals surface area contributed by atoms with Gasteiger partial charge in [0.1, 0.15) is 0 Å². The number of benzene rings is 1. The van der Waals surface area contributed by atoms with Gasteiger partial charge in [-0.1, -0.05) is 24.3 Å². The maximum Gasteiger partial charge on any atom is 0.307 e. The van der Waals surface area contributed by atoms with E-state index in [0.717, 1.165) is 28.1 Å². The number of ketones is 1. The highest BCUT2D eigenvalue weighted by atomic mass is 16.4. The monoisotopic (exact) mass is 385 g/mol. The number of Topliss-reactive ketones (excluding diaryl/α,β-unsaturated/α-hetero) is 1. The van der Waals surface area contributed by atoms with Crippen molar-refractivity contribution in [2.75, 3.05) is 5.32 Å². The smallest absolute Gasteiger partial charge is 0.307 e. The molecule has 0 saturated carbocycles. The molecule has 0 spiro atoms. The molecule has 0 atom stereocenters. The van der Waals surface area contributed by atoms with Gasteiger partial charge in [-0.2, -0.15) is 0 Å². The summed E-state index contributed by atoms with van der Waals surface area (Å²) in [6, 6.07) is 7.47. The van der Waals surface area contributed by atoms with Crippen LogP contribution in [0.5, 0.6) is 0 Å². The molecule has 1 aromatic heterocycles. The molecule has 2 N–H and O–H groups in total. The van der Waals surface area contributed by atoms with Crippen LogP contribution in [-0.4, -0.2) is 28.1 Å². The first-order valence-electron chi connectivity index (χ1n) is 9.27. The molecule has 29 heavy (non-hydrogen) atoms. The van der Waals surface area contributed by atoms with E-state index in [1.165, 1.54) is 0 Å². The van der Waals surface area contributed by atoms with Gasteiger partial charge in [0.25, 0.3) is 0 Å². The molecule has 0 fully saturated rings. The van der Waals surface area contributed by atoms with Gasteiger partial charge in [-0.05, 0) is 41.0 Å². The van der Waals surface area contributed by atoms with Crippen LogP contribution in [0, 0.1) is 0 Å². The summed E-state index contributed by atoms with van der Waals surface area (Å²) in [4.78, 5) is 32.3. The average Bonchev–Trinajstić information content (AvgIpc) is 2.78. The van der Waals surface area contributed by atoms with Crippen LogP contribution in [0.1, 0.15) is 23.1 Å². The summed E-state index contributed by atoms with van der Waals surface area (Å²) in [5.74, 6) is -0.883. The van der Waals surface area contributed by atoms with Gasteiger partial charge < -0.3 is 10.4 Å². The summed E-state index contributed by atoms with van der Waals surface area (Å²) in [5, 5.41) is 12.7. The summed E-state index contributed by atoms with van der Waals surface area (Å²) >= 11 is 0. The van der Waals surface area contributed by atoms with Gasteiger partial charge in [-0.25, -0.2) is 0 Å². The van der Waals surface area contributed by atoms with Crippen molar-refractivity contribution in [2.45, 2.75) is 19.4 Å². The summed E-state index contributed by atoms with van der Waals surface area (Å²) in [6.07, 6.45) is 12.7. The van der Waals surface area contributed by atoms with Gasteiger partial charge >= 0.3 is 5.97 Å². The van der Waals surface area contributed by atoms with Crippen molar-refractivity contribution in [2.24, 2.45) is 4.99 Å². The Morgan fingerprint density at radius 2 is 1.93 bits per heavy atom. The maximum atomic E-state index is 12.3. The number of fused-ring (bicyclic) bond motifs is 1. The first-order chi connectivity index (χ1) is 14.1. The zero-order valence-corrected chi connectivity index (χ0v) is 15.6. The number of allylic oxidation sites excluding steroid dienone is 5. The van der Waals surface area contributed by atoms with Gasteiger partial charge in [0.2, 0.25) is 0 Å². The summed E-state index contributed by atoms with van der Waals surface area (Å²) in [7, 11) is 0. The number of aromatic nitrogens is 1. The van der Waals surface area contributed by atoms with E-state index in [2.05, 4.69) is 15.3 Å². The van der Waals surface area contributed by atoms with Crippen LogP contribution in [0.15, 0.2) is 71.0 Å². The molecule has 6 heteroatoms. The number of carboxylic acid groups (broad SMARTS) is 1. The lowest BCUT2D eigenvalue weighted by Crippen LogP contribution is -2.07. The van der Waals surface area contributed by atoms with Crippen molar-refractivity contribution in [1.29, 1.82) is 0 Å². The molecule has 2 aromatic rings. The number of anilines is 2. The van der Waals surface area contributed by atoms with E-state index in [0.29, 0.717) is 24.1 Å². The molecule has 2 heterocycles. The number of nitrogens with zero attached hydrogens (tertiary/aromatic N) is 2. The van der Waals surface area contributed by atoms with Gasteiger partial charge in [0.05, 0.1) is 13.0 Å². The van der Waals surface area contributed by atoms with Crippen LogP contribution in [-0.2, 0) is 22.6 Å². The van der Waals surface area contributed by atoms with Crippen LogP contribution in [0.3, 0.4) is 0 Å². The zero-order chi connectivity index (χ0) is 20.2. The predicted octanol–water partition coefficient (Wildman–Crippen LogP) is 3.88. The molecule has 1 aromatic carbocycles. The molecule has 0 unspecified atom stereocenters. The minimum absolute atomic E-state index is 0.0319. The Morgan fingerprint density at radius 3 is 2.72 bits per heavy atom. The molecular weight excluding hydrogens is 366 g/mol. The van der Waals surface area contributed by atoms with Gasteiger partial charge in [-0.3, -0.25) is 19.6 Å². The fourth-order valence-electron chi connectivity index (χ4n) is 3.47. The molecule has 6 nitrogen and oxygen atoms in total. The number of hydrogen-bond donors (Lipinski definition) is 2. The van der Waals surface area contributed by atoms with Gasteiger partial charge in [0.15, 0.2) is 5.78 Å². The minimum Gasteiger partial charge on any atom is -0.481 e. The van der Waals surface area contributed by atoms with E-state index in [4.69, 9.17) is 0 Å². The maximum absolute atomic E-state index is 12.3. The van der Waals surface area contributed by atoms with Crippen LogP contribution in [0.2, 0.25) is 0 Å². The van der Waals surface area contributed by atoms with E-state index in [1.54, 1.807) is 24.7 Å². The Hall–Kier alpha value is -3.80. The Bertz CT molecular complexity index is 1100. The molecule has 4 rings (SSSR count). The number of carbonyl (C=O) groups is 2. The van der Waals surface area contributed by atoms with Crippen molar-refractivity contribution in [1.82, 2.24) is 4.98 Å². The Kier molecular flexibility index (Phi) is 5.16. The normalized spacial score (nSPS) is 15.2. The summed E-state index contributed by atoms with van der Waals surface area (Å²) in [5.41, 5.74) is 5.37. The Labute approximate surface area is 168 Å². The highest BCUT2D eigenvalue weighted by Gasteiger charge is 2.17. The molecule has 0 saturated heterocycles. The largest absolute Gasteiger partial charge is 0.481 e. The number of carbonyl (C=O) groups excluding carboxylic acids is 1. The highest BCUT2D eigenvalue weighted by Crippen LogP contribution is 2.28. The summed E-state index contributed by atoms with van der Waals surface area (Å²) in [6.45, 7) is 0.386. The van der Waals surface area contributed by atoms with E-state index < -0.39 is 5.97 Å². The van der Waals surface area contributed by atoms with Crippen LogP contribution in [0.25, 0.3) is 6.08 Å². The molecule has 1 aliphatic heterocycles. The lowest BCUT2D eigenvalue weighted by molar-refractivity contribution is -0.136. The molecule has 0 amide bonds. The number of hydrogen-bond acceptors (Lipinski definition) is 5. The van der Waals surface area contributed by atoms with Crippen molar-refractivity contribution >= 4 is 35.4 Å². The van der Waals surface area contributed by atoms with Gasteiger partial charge in [0, 0.05) is 47.6 Å². The lowest BCUT2D eigenvalue weighted by atomic mass is 9.93. The molecule has 0 radical (unpaired) electrons. The van der Waals surface area contributed by atoms with Gasteiger partial charge in [-0.15, -0.1) is 0 Å². The van der Waals surface area contributed by atoms with Crippen molar-refractivity contribution in [3.05, 3.63) is 82.7 Å². The third kappa shape index (κ3) is 4.21. The van der Waals surface area contributed by atoms with E-state index >= 15 is 0 Å². The summed E-state index contributed by atoms with van der Waals surface area (Å²) < 4.78 is 0. The van der Waals surface area contributed by atoms with E-state index in [9.17, 15) is 14.7 Å². The number of aliphatic carboxylic acids is 1. The lowest BCUT2D eigenvalue weighted by Gasteiger charge is -2.14. The van der Waals surface area contributed by atoms with Crippen molar-refractivity contribution < 1.29 is 14.7 Å². The molecule has 1 aliphatic carbocycles. The van der Waals surface area contributed by atoms with Crippen LogP contribution >= 0.6 is 0 Å². The Morgan fingerprint density at radius 1 is 1.10 bits per heavy atom. The molecule has 0 bridgehead atoms. The molecular formula is C23H19N3O3. The highest BCUT2D eigenvalue weighted by molar-refractivity contribution is 6.07. The Balaban J connectivity index is 1.79. The van der Waals surface area contributed by atoms with Crippen molar-refractivity contribution in [3.63, 3.8) is 0 Å². The fourth-order valence-corrected chi connectivity index (χ4v) is 3.47. The predicted molar refractivity (Wildman–Crippen MR) is 112 cm³/mol. The quantitative estimate of drug-likeness (QED) is 0.833. The molecule has 144 valence electrons. The standard InChI is InChI=1S/C23H19N3O3/c27-22-3-1-2-15-13-25-14-17-11-19(26-18-6-8-24-9-7-18)10-16(12-23(28)29)20(17)4-5-21(15)22/h1-2,4-11,13H,3,12,14H2,(H,24,26)(H,28,29). The zero-order valence-electron chi connectivity index (χ0n) is 15.6. The second-order valence-corrected chi connectivity index (χ2v) is 6.84. The topological polar surface area (TPSA) is 91.6 Å². The average molecular weight is 385 g/mol. The third-order valence-electron chi connectivity index (χ3n) is 4.78.